The summed E-state index contributed by atoms with van der Waals surface area (Å²) < 4.78 is 10.5. The fourth-order valence-electron chi connectivity index (χ4n) is 3.14. The number of nitrogens with one attached hydrogen (secondary N) is 1. The third kappa shape index (κ3) is 5.35. The first-order chi connectivity index (χ1) is 14.1. The van der Waals surface area contributed by atoms with Crippen molar-refractivity contribution in [2.75, 3.05) is 7.11 Å². The summed E-state index contributed by atoms with van der Waals surface area (Å²) in [4.78, 5) is 24.3. The number of amides is 1. The van der Waals surface area contributed by atoms with E-state index in [9.17, 15) is 9.59 Å². The Hall–Kier alpha value is -3.34. The van der Waals surface area contributed by atoms with E-state index in [1.54, 1.807) is 25.5 Å². The van der Waals surface area contributed by atoms with Gasteiger partial charge in [-0.05, 0) is 47.4 Å². The van der Waals surface area contributed by atoms with Crippen LogP contribution in [0.1, 0.15) is 41.4 Å². The van der Waals surface area contributed by atoms with Gasteiger partial charge in [-0.1, -0.05) is 37.3 Å². The SMILES string of the molecule is CCc1cc(-c2ccc(C(=O)CCC(=O)NCc3ccco3)cc2)ccc1OC. The number of hydrogen-bond donors (Lipinski definition) is 1. The topological polar surface area (TPSA) is 68.5 Å². The second-order valence-electron chi connectivity index (χ2n) is 6.74. The van der Waals surface area contributed by atoms with Crippen molar-refractivity contribution in [3.05, 3.63) is 77.7 Å². The highest BCUT2D eigenvalue weighted by Crippen LogP contribution is 2.27. The van der Waals surface area contributed by atoms with E-state index < -0.39 is 0 Å². The summed E-state index contributed by atoms with van der Waals surface area (Å²) in [6, 6.07) is 17.1. The first-order valence-electron chi connectivity index (χ1n) is 9.70. The highest BCUT2D eigenvalue weighted by atomic mass is 16.5. The van der Waals surface area contributed by atoms with Crippen molar-refractivity contribution in [2.24, 2.45) is 0 Å². The van der Waals surface area contributed by atoms with Crippen LogP contribution in [-0.4, -0.2) is 18.8 Å². The number of aryl methyl sites for hydroxylation is 1. The van der Waals surface area contributed by atoms with Crippen molar-refractivity contribution in [2.45, 2.75) is 32.7 Å². The average Bonchev–Trinajstić information content (AvgIpc) is 3.29. The Balaban J connectivity index is 1.56. The molecule has 1 heterocycles. The number of furan rings is 1. The largest absolute Gasteiger partial charge is 0.496 e. The van der Waals surface area contributed by atoms with Crippen molar-refractivity contribution in [3.8, 4) is 16.9 Å². The minimum atomic E-state index is -0.170. The van der Waals surface area contributed by atoms with Gasteiger partial charge in [0.1, 0.15) is 11.5 Å². The molecular weight excluding hydrogens is 366 g/mol. The Kier molecular flexibility index (Phi) is 6.85. The van der Waals surface area contributed by atoms with Crippen LogP contribution in [0.2, 0.25) is 0 Å². The second-order valence-corrected chi connectivity index (χ2v) is 6.74. The number of benzene rings is 2. The number of carbonyl (C=O) groups is 2. The second kappa shape index (κ2) is 9.73. The lowest BCUT2D eigenvalue weighted by atomic mass is 9.98. The van der Waals surface area contributed by atoms with E-state index in [1.807, 2.05) is 36.4 Å². The van der Waals surface area contributed by atoms with E-state index in [2.05, 4.69) is 18.3 Å². The number of carbonyl (C=O) groups excluding carboxylic acids is 2. The molecular formula is C24H25NO4. The molecule has 3 rings (SSSR count). The van der Waals surface area contributed by atoms with Crippen LogP contribution in [0.4, 0.5) is 0 Å². The Morgan fingerprint density at radius 1 is 1.00 bits per heavy atom. The Morgan fingerprint density at radius 2 is 1.76 bits per heavy atom. The molecule has 2 aromatic carbocycles. The summed E-state index contributed by atoms with van der Waals surface area (Å²) in [5.41, 5.74) is 3.87. The van der Waals surface area contributed by atoms with Crippen molar-refractivity contribution < 1.29 is 18.7 Å². The normalized spacial score (nSPS) is 10.6. The Labute approximate surface area is 170 Å². The molecule has 0 bridgehead atoms. The highest BCUT2D eigenvalue weighted by Gasteiger charge is 2.11. The fourth-order valence-corrected chi connectivity index (χ4v) is 3.14. The summed E-state index contributed by atoms with van der Waals surface area (Å²) in [6.07, 6.45) is 2.77. The lowest BCUT2D eigenvalue weighted by Gasteiger charge is -2.10. The maximum Gasteiger partial charge on any atom is 0.220 e. The molecule has 0 aliphatic rings. The van der Waals surface area contributed by atoms with Crippen LogP contribution in [0.15, 0.2) is 65.3 Å². The quantitative estimate of drug-likeness (QED) is 0.532. The van der Waals surface area contributed by atoms with Crippen molar-refractivity contribution >= 4 is 11.7 Å². The smallest absolute Gasteiger partial charge is 0.220 e. The van der Waals surface area contributed by atoms with Gasteiger partial charge in [-0.25, -0.2) is 0 Å². The number of ketones is 1. The Bertz CT molecular complexity index is 959. The molecule has 5 heteroatoms. The molecule has 0 fully saturated rings. The van der Waals surface area contributed by atoms with Crippen LogP contribution < -0.4 is 10.1 Å². The predicted octanol–water partition coefficient (Wildman–Crippen LogP) is 4.80. The van der Waals surface area contributed by atoms with Crippen LogP contribution in [0.3, 0.4) is 0 Å². The summed E-state index contributed by atoms with van der Waals surface area (Å²) in [6.45, 7) is 2.42. The van der Waals surface area contributed by atoms with Gasteiger partial charge in [-0.3, -0.25) is 9.59 Å². The first-order valence-corrected chi connectivity index (χ1v) is 9.70. The highest BCUT2D eigenvalue weighted by molar-refractivity contribution is 5.98. The maximum absolute atomic E-state index is 12.4. The summed E-state index contributed by atoms with van der Waals surface area (Å²) in [5.74, 6) is 1.35. The number of rotatable bonds is 9. The Morgan fingerprint density at radius 3 is 2.41 bits per heavy atom. The molecule has 1 aromatic heterocycles. The molecule has 0 unspecified atom stereocenters. The third-order valence-corrected chi connectivity index (χ3v) is 4.82. The van der Waals surface area contributed by atoms with Crippen molar-refractivity contribution in [1.82, 2.24) is 5.32 Å². The van der Waals surface area contributed by atoms with Crippen LogP contribution in [0.25, 0.3) is 11.1 Å². The molecule has 29 heavy (non-hydrogen) atoms. The van der Waals surface area contributed by atoms with E-state index in [4.69, 9.17) is 9.15 Å². The molecule has 5 nitrogen and oxygen atoms in total. The van der Waals surface area contributed by atoms with Gasteiger partial charge in [0, 0.05) is 18.4 Å². The van der Waals surface area contributed by atoms with Gasteiger partial charge in [-0.15, -0.1) is 0 Å². The van der Waals surface area contributed by atoms with E-state index in [0.717, 1.165) is 28.9 Å². The van der Waals surface area contributed by atoms with E-state index in [0.29, 0.717) is 17.9 Å². The van der Waals surface area contributed by atoms with E-state index in [-0.39, 0.29) is 24.5 Å². The predicted molar refractivity (Wildman–Crippen MR) is 112 cm³/mol. The molecule has 0 saturated heterocycles. The van der Waals surface area contributed by atoms with Gasteiger partial charge in [-0.2, -0.15) is 0 Å². The molecule has 1 amide bonds. The molecule has 1 N–H and O–H groups in total. The lowest BCUT2D eigenvalue weighted by molar-refractivity contribution is -0.121. The molecule has 0 aliphatic heterocycles. The monoisotopic (exact) mass is 391 g/mol. The molecule has 0 saturated carbocycles. The van der Waals surface area contributed by atoms with Crippen LogP contribution in [-0.2, 0) is 17.8 Å². The maximum atomic E-state index is 12.4. The first kappa shape index (κ1) is 20.4. The van der Waals surface area contributed by atoms with Crippen LogP contribution >= 0.6 is 0 Å². The molecule has 0 radical (unpaired) electrons. The zero-order valence-corrected chi connectivity index (χ0v) is 16.7. The van der Waals surface area contributed by atoms with Crippen LogP contribution in [0, 0.1) is 0 Å². The van der Waals surface area contributed by atoms with Crippen molar-refractivity contribution in [3.63, 3.8) is 0 Å². The zero-order chi connectivity index (χ0) is 20.6. The molecule has 0 spiro atoms. The van der Waals surface area contributed by atoms with Crippen molar-refractivity contribution in [1.29, 1.82) is 0 Å². The minimum absolute atomic E-state index is 0.0475. The van der Waals surface area contributed by atoms with Gasteiger partial charge >= 0.3 is 0 Å². The summed E-state index contributed by atoms with van der Waals surface area (Å²) in [5, 5.41) is 2.75. The fraction of sp³-hybridized carbons (Fsp3) is 0.250. The molecule has 150 valence electrons. The summed E-state index contributed by atoms with van der Waals surface area (Å²) in [7, 11) is 1.67. The molecule has 0 aliphatic carbocycles. The zero-order valence-electron chi connectivity index (χ0n) is 16.7. The minimum Gasteiger partial charge on any atom is -0.496 e. The number of hydrogen-bond acceptors (Lipinski definition) is 4. The average molecular weight is 391 g/mol. The van der Waals surface area contributed by atoms with Crippen LogP contribution in [0.5, 0.6) is 5.75 Å². The third-order valence-electron chi connectivity index (χ3n) is 4.82. The standard InChI is InChI=1S/C24H25NO4/c1-3-17-15-20(10-12-23(17)28-2)18-6-8-19(9-7-18)22(26)11-13-24(27)25-16-21-5-4-14-29-21/h4-10,12,14-15H,3,11,13,16H2,1-2H3,(H,25,27). The number of ether oxygens (including phenoxy) is 1. The number of Topliss-reactive ketones (excluding diaryl/α,β-unsaturated/α-hetero) is 1. The van der Waals surface area contributed by atoms with Gasteiger partial charge in [0.05, 0.1) is 19.9 Å². The van der Waals surface area contributed by atoms with Gasteiger partial charge in [0.15, 0.2) is 5.78 Å². The van der Waals surface area contributed by atoms with Gasteiger partial charge in [0.25, 0.3) is 0 Å². The van der Waals surface area contributed by atoms with E-state index in [1.165, 1.54) is 0 Å². The van der Waals surface area contributed by atoms with Gasteiger partial charge < -0.3 is 14.5 Å². The van der Waals surface area contributed by atoms with Gasteiger partial charge in [0.2, 0.25) is 5.91 Å². The summed E-state index contributed by atoms with van der Waals surface area (Å²) >= 11 is 0. The number of methoxy groups -OCH3 is 1. The molecule has 0 atom stereocenters. The molecule has 3 aromatic rings. The lowest BCUT2D eigenvalue weighted by Crippen LogP contribution is -2.23. The van der Waals surface area contributed by atoms with E-state index >= 15 is 0 Å².